The third-order valence-corrected chi connectivity index (χ3v) is 3.68. The van der Waals surface area contributed by atoms with E-state index in [0.717, 1.165) is 13.1 Å². The van der Waals surface area contributed by atoms with E-state index in [1.807, 2.05) is 0 Å². The van der Waals surface area contributed by atoms with Crippen molar-refractivity contribution in [2.45, 2.75) is 32.2 Å². The van der Waals surface area contributed by atoms with E-state index in [9.17, 15) is 0 Å². The summed E-state index contributed by atoms with van der Waals surface area (Å²) in [7, 11) is 0. The van der Waals surface area contributed by atoms with Crippen molar-refractivity contribution in [3.8, 4) is 0 Å². The highest BCUT2D eigenvalue weighted by atomic mass is 14.9. The van der Waals surface area contributed by atoms with Gasteiger partial charge < -0.3 is 11.1 Å². The SMILES string of the molecule is Cc1cccc(C2CC(C)NCC2CN)c1. The van der Waals surface area contributed by atoms with Crippen LogP contribution in [0.1, 0.15) is 30.4 Å². The normalized spacial score (nSPS) is 30.3. The van der Waals surface area contributed by atoms with Gasteiger partial charge in [0.15, 0.2) is 0 Å². The molecule has 1 aromatic rings. The molecule has 3 unspecified atom stereocenters. The molecule has 3 atom stereocenters. The number of nitrogens with one attached hydrogen (secondary N) is 1. The lowest BCUT2D eigenvalue weighted by Crippen LogP contribution is -2.44. The minimum atomic E-state index is 0.581. The molecule has 0 spiro atoms. The van der Waals surface area contributed by atoms with Gasteiger partial charge in [-0.05, 0) is 50.8 Å². The van der Waals surface area contributed by atoms with E-state index in [-0.39, 0.29) is 0 Å². The summed E-state index contributed by atoms with van der Waals surface area (Å²) in [6, 6.07) is 9.48. The molecule has 0 bridgehead atoms. The monoisotopic (exact) mass is 218 g/mol. The Kier molecular flexibility index (Phi) is 3.62. The van der Waals surface area contributed by atoms with Crippen molar-refractivity contribution in [2.24, 2.45) is 11.7 Å². The van der Waals surface area contributed by atoms with E-state index in [1.165, 1.54) is 17.5 Å². The van der Waals surface area contributed by atoms with E-state index < -0.39 is 0 Å². The van der Waals surface area contributed by atoms with E-state index in [1.54, 1.807) is 0 Å². The van der Waals surface area contributed by atoms with Crippen LogP contribution in [0.15, 0.2) is 24.3 Å². The van der Waals surface area contributed by atoms with E-state index >= 15 is 0 Å². The van der Waals surface area contributed by atoms with Gasteiger partial charge in [0.1, 0.15) is 0 Å². The van der Waals surface area contributed by atoms with E-state index in [4.69, 9.17) is 5.73 Å². The molecule has 1 fully saturated rings. The second-order valence-corrected chi connectivity index (χ2v) is 5.06. The molecular formula is C14H22N2. The van der Waals surface area contributed by atoms with Gasteiger partial charge in [0.25, 0.3) is 0 Å². The molecule has 2 heteroatoms. The van der Waals surface area contributed by atoms with Crippen LogP contribution < -0.4 is 11.1 Å². The Bertz CT molecular complexity index is 348. The fraction of sp³-hybridized carbons (Fsp3) is 0.571. The molecule has 0 aromatic heterocycles. The van der Waals surface area contributed by atoms with Gasteiger partial charge in [0.05, 0.1) is 0 Å². The lowest BCUT2D eigenvalue weighted by atomic mass is 9.78. The number of aryl methyl sites for hydroxylation is 1. The maximum absolute atomic E-state index is 5.87. The molecule has 2 nitrogen and oxygen atoms in total. The second-order valence-electron chi connectivity index (χ2n) is 5.06. The summed E-state index contributed by atoms with van der Waals surface area (Å²) in [4.78, 5) is 0. The van der Waals surface area contributed by atoms with Crippen LogP contribution in [0.2, 0.25) is 0 Å². The zero-order chi connectivity index (χ0) is 11.5. The smallest absolute Gasteiger partial charge is 0.00447 e. The predicted molar refractivity (Wildman–Crippen MR) is 68.5 cm³/mol. The molecule has 1 aromatic carbocycles. The summed E-state index contributed by atoms with van der Waals surface area (Å²) in [6.45, 7) is 6.25. The Morgan fingerprint density at radius 1 is 1.44 bits per heavy atom. The number of piperidine rings is 1. The van der Waals surface area contributed by atoms with Crippen LogP contribution in [0.4, 0.5) is 0 Å². The average molecular weight is 218 g/mol. The van der Waals surface area contributed by atoms with Crippen molar-refractivity contribution in [3.05, 3.63) is 35.4 Å². The number of hydrogen-bond donors (Lipinski definition) is 2. The fourth-order valence-electron chi connectivity index (χ4n) is 2.71. The van der Waals surface area contributed by atoms with Crippen molar-refractivity contribution < 1.29 is 0 Å². The number of benzene rings is 1. The highest BCUT2D eigenvalue weighted by Crippen LogP contribution is 2.32. The molecule has 0 saturated carbocycles. The highest BCUT2D eigenvalue weighted by Gasteiger charge is 2.28. The van der Waals surface area contributed by atoms with Crippen molar-refractivity contribution in [2.75, 3.05) is 13.1 Å². The van der Waals surface area contributed by atoms with Crippen LogP contribution in [0, 0.1) is 12.8 Å². The topological polar surface area (TPSA) is 38.0 Å². The summed E-state index contributed by atoms with van der Waals surface area (Å²) < 4.78 is 0. The van der Waals surface area contributed by atoms with Crippen molar-refractivity contribution in [3.63, 3.8) is 0 Å². The second kappa shape index (κ2) is 4.98. The average Bonchev–Trinajstić information content (AvgIpc) is 2.29. The number of nitrogens with two attached hydrogens (primary N) is 1. The van der Waals surface area contributed by atoms with Gasteiger partial charge in [-0.1, -0.05) is 29.8 Å². The standard InChI is InChI=1S/C14H22N2/c1-10-4-3-5-12(6-10)14-7-11(2)16-9-13(14)8-15/h3-6,11,13-14,16H,7-9,15H2,1-2H3. The summed E-state index contributed by atoms with van der Waals surface area (Å²) in [6.07, 6.45) is 1.20. The third kappa shape index (κ3) is 2.45. The molecular weight excluding hydrogens is 196 g/mol. The largest absolute Gasteiger partial charge is 0.330 e. The molecule has 1 aliphatic rings. The Morgan fingerprint density at radius 3 is 2.94 bits per heavy atom. The molecule has 2 rings (SSSR count). The van der Waals surface area contributed by atoms with Crippen LogP contribution in [0.3, 0.4) is 0 Å². The lowest BCUT2D eigenvalue weighted by molar-refractivity contribution is 0.285. The fourth-order valence-corrected chi connectivity index (χ4v) is 2.71. The first-order chi connectivity index (χ1) is 7.70. The van der Waals surface area contributed by atoms with Gasteiger partial charge in [-0.15, -0.1) is 0 Å². The molecule has 1 heterocycles. The third-order valence-electron chi connectivity index (χ3n) is 3.68. The lowest BCUT2D eigenvalue weighted by Gasteiger charge is -2.35. The van der Waals surface area contributed by atoms with Gasteiger partial charge in [-0.3, -0.25) is 0 Å². The molecule has 1 saturated heterocycles. The summed E-state index contributed by atoms with van der Waals surface area (Å²) in [5, 5.41) is 3.52. The molecule has 1 aliphatic heterocycles. The number of rotatable bonds is 2. The van der Waals surface area contributed by atoms with Crippen molar-refractivity contribution in [1.29, 1.82) is 0 Å². The van der Waals surface area contributed by atoms with E-state index in [2.05, 4.69) is 43.4 Å². The Labute approximate surface area is 98.2 Å². The van der Waals surface area contributed by atoms with Crippen LogP contribution >= 0.6 is 0 Å². The zero-order valence-corrected chi connectivity index (χ0v) is 10.2. The Morgan fingerprint density at radius 2 is 2.25 bits per heavy atom. The summed E-state index contributed by atoms with van der Waals surface area (Å²) in [5.41, 5.74) is 8.68. The van der Waals surface area contributed by atoms with Crippen LogP contribution in [0.5, 0.6) is 0 Å². The quantitative estimate of drug-likeness (QED) is 0.797. The maximum Gasteiger partial charge on any atom is 0.00447 e. The minimum absolute atomic E-state index is 0.581. The number of hydrogen-bond acceptors (Lipinski definition) is 2. The first kappa shape index (κ1) is 11.6. The van der Waals surface area contributed by atoms with Gasteiger partial charge in [-0.2, -0.15) is 0 Å². The molecule has 0 aliphatic carbocycles. The zero-order valence-electron chi connectivity index (χ0n) is 10.2. The predicted octanol–water partition coefficient (Wildman–Crippen LogP) is 2.04. The molecule has 16 heavy (non-hydrogen) atoms. The summed E-state index contributed by atoms with van der Waals surface area (Å²) in [5.74, 6) is 1.21. The first-order valence-electron chi connectivity index (χ1n) is 6.20. The van der Waals surface area contributed by atoms with E-state index in [0.29, 0.717) is 17.9 Å². The van der Waals surface area contributed by atoms with Crippen molar-refractivity contribution in [1.82, 2.24) is 5.32 Å². The Balaban J connectivity index is 2.22. The minimum Gasteiger partial charge on any atom is -0.330 e. The highest BCUT2D eigenvalue weighted by molar-refractivity contribution is 5.27. The van der Waals surface area contributed by atoms with Gasteiger partial charge in [0, 0.05) is 6.04 Å². The van der Waals surface area contributed by atoms with Crippen molar-refractivity contribution >= 4 is 0 Å². The summed E-state index contributed by atoms with van der Waals surface area (Å²) >= 11 is 0. The molecule has 0 amide bonds. The first-order valence-corrected chi connectivity index (χ1v) is 6.20. The van der Waals surface area contributed by atoms with Crippen LogP contribution in [-0.4, -0.2) is 19.1 Å². The molecule has 3 N–H and O–H groups in total. The molecule has 0 radical (unpaired) electrons. The van der Waals surface area contributed by atoms with Gasteiger partial charge in [0.2, 0.25) is 0 Å². The van der Waals surface area contributed by atoms with Crippen LogP contribution in [0.25, 0.3) is 0 Å². The van der Waals surface area contributed by atoms with Crippen LogP contribution in [-0.2, 0) is 0 Å². The Hall–Kier alpha value is -0.860. The van der Waals surface area contributed by atoms with Gasteiger partial charge >= 0.3 is 0 Å². The molecule has 88 valence electrons. The maximum atomic E-state index is 5.87. The van der Waals surface area contributed by atoms with Gasteiger partial charge in [-0.25, -0.2) is 0 Å².